The molecule has 4 aromatic rings. The molecule has 0 fully saturated rings. The lowest BCUT2D eigenvalue weighted by molar-refractivity contribution is -0.129. The van der Waals surface area contributed by atoms with Crippen LogP contribution in [0.3, 0.4) is 0 Å². The van der Waals surface area contributed by atoms with E-state index in [0.717, 1.165) is 22.4 Å². The number of fused-ring (bicyclic) bond motifs is 1. The number of nitrogens with zero attached hydrogens (tertiary/aromatic N) is 1. The summed E-state index contributed by atoms with van der Waals surface area (Å²) in [5.74, 6) is 0.585. The molecular weight excluding hydrogens is 386 g/mol. The summed E-state index contributed by atoms with van der Waals surface area (Å²) in [6.45, 7) is 0.458. The van der Waals surface area contributed by atoms with Crippen molar-refractivity contribution in [2.75, 3.05) is 0 Å². The molecule has 4 nitrogen and oxygen atoms in total. The van der Waals surface area contributed by atoms with Crippen molar-refractivity contribution in [3.05, 3.63) is 119 Å². The molecule has 0 spiro atoms. The van der Waals surface area contributed by atoms with E-state index in [1.54, 1.807) is 6.08 Å². The van der Waals surface area contributed by atoms with Gasteiger partial charge in [-0.15, -0.1) is 0 Å². The maximum atomic E-state index is 12.2. The van der Waals surface area contributed by atoms with Crippen LogP contribution in [0.15, 0.2) is 108 Å². The van der Waals surface area contributed by atoms with Crippen LogP contribution in [0.25, 0.3) is 16.8 Å². The zero-order valence-corrected chi connectivity index (χ0v) is 16.7. The number of rotatable bonds is 5. The van der Waals surface area contributed by atoms with E-state index >= 15 is 0 Å². The van der Waals surface area contributed by atoms with Crippen molar-refractivity contribution in [2.24, 2.45) is 4.99 Å². The van der Waals surface area contributed by atoms with Crippen molar-refractivity contribution in [1.29, 1.82) is 0 Å². The highest BCUT2D eigenvalue weighted by Gasteiger charge is 2.23. The third-order valence-electron chi connectivity index (χ3n) is 5.08. The Hall–Kier alpha value is -4.18. The van der Waals surface area contributed by atoms with E-state index in [0.29, 0.717) is 12.5 Å². The van der Waals surface area contributed by atoms with Crippen LogP contribution in [0.2, 0.25) is 0 Å². The molecule has 1 aliphatic rings. The fraction of sp³-hybridized carbons (Fsp3) is 0.0370. The molecule has 0 bridgehead atoms. The zero-order valence-electron chi connectivity index (χ0n) is 16.7. The molecular formula is C27H19NO3. The Labute approximate surface area is 180 Å². The number of hydrogen-bond acceptors (Lipinski definition) is 4. The third-order valence-corrected chi connectivity index (χ3v) is 5.08. The topological polar surface area (TPSA) is 47.9 Å². The molecule has 5 rings (SSSR count). The van der Waals surface area contributed by atoms with E-state index in [4.69, 9.17) is 9.47 Å². The van der Waals surface area contributed by atoms with Gasteiger partial charge in [0.25, 0.3) is 0 Å². The Morgan fingerprint density at radius 3 is 2.52 bits per heavy atom. The number of ether oxygens (including phenoxy) is 2. The number of aliphatic imine (C=N–C) groups is 1. The van der Waals surface area contributed by atoms with E-state index < -0.39 is 5.97 Å². The molecule has 0 amide bonds. The highest BCUT2D eigenvalue weighted by atomic mass is 16.6. The second-order valence-corrected chi connectivity index (χ2v) is 7.20. The first-order chi connectivity index (χ1) is 15.3. The van der Waals surface area contributed by atoms with Gasteiger partial charge in [-0.05, 0) is 52.2 Å². The number of benzene rings is 4. The van der Waals surface area contributed by atoms with E-state index in [1.807, 2.05) is 72.8 Å². The second-order valence-electron chi connectivity index (χ2n) is 7.20. The molecule has 0 radical (unpaired) electrons. The highest BCUT2D eigenvalue weighted by Crippen LogP contribution is 2.23. The first-order valence-electron chi connectivity index (χ1n) is 10.0. The Morgan fingerprint density at radius 1 is 0.839 bits per heavy atom. The standard InChI is InChI=1S/C27H19NO3/c29-27-25(28-26(31-27)21-10-2-1-3-11-21)17-19-8-6-14-23(16-19)30-18-22-13-7-12-20-9-4-5-15-24(20)22/h1-17H,18H2/b25-17+. The molecule has 0 aliphatic carbocycles. The smallest absolute Gasteiger partial charge is 0.363 e. The molecule has 150 valence electrons. The van der Waals surface area contributed by atoms with Gasteiger partial charge < -0.3 is 9.47 Å². The minimum Gasteiger partial charge on any atom is -0.489 e. The number of esters is 1. The van der Waals surface area contributed by atoms with Crippen molar-refractivity contribution in [3.8, 4) is 5.75 Å². The summed E-state index contributed by atoms with van der Waals surface area (Å²) in [5, 5.41) is 2.37. The molecule has 4 heteroatoms. The normalized spacial score (nSPS) is 14.5. The maximum Gasteiger partial charge on any atom is 0.363 e. The number of hydrogen-bond donors (Lipinski definition) is 0. The van der Waals surface area contributed by atoms with E-state index in [1.165, 1.54) is 10.8 Å². The number of cyclic esters (lactones) is 1. The summed E-state index contributed by atoms with van der Waals surface area (Å²) in [6, 6.07) is 31.4. The van der Waals surface area contributed by atoms with Crippen LogP contribution in [0.1, 0.15) is 16.7 Å². The number of carbonyl (C=O) groups is 1. The molecule has 0 unspecified atom stereocenters. The molecule has 0 atom stereocenters. The van der Waals surface area contributed by atoms with E-state index in [9.17, 15) is 4.79 Å². The van der Waals surface area contributed by atoms with Crippen molar-refractivity contribution in [1.82, 2.24) is 0 Å². The van der Waals surface area contributed by atoms with Gasteiger partial charge in [0.05, 0.1) is 0 Å². The molecule has 1 aliphatic heterocycles. The third kappa shape index (κ3) is 4.09. The highest BCUT2D eigenvalue weighted by molar-refractivity contribution is 6.12. The van der Waals surface area contributed by atoms with Crippen LogP contribution < -0.4 is 4.74 Å². The van der Waals surface area contributed by atoms with Crippen LogP contribution in [0.5, 0.6) is 5.75 Å². The molecule has 31 heavy (non-hydrogen) atoms. The van der Waals surface area contributed by atoms with Gasteiger partial charge in [-0.2, -0.15) is 0 Å². The first kappa shape index (κ1) is 18.8. The van der Waals surface area contributed by atoms with Crippen molar-refractivity contribution in [3.63, 3.8) is 0 Å². The monoisotopic (exact) mass is 405 g/mol. The predicted octanol–water partition coefficient (Wildman–Crippen LogP) is 5.76. The summed E-state index contributed by atoms with van der Waals surface area (Å²) in [7, 11) is 0. The Kier molecular flexibility index (Phi) is 5.03. The van der Waals surface area contributed by atoms with Crippen LogP contribution in [-0.2, 0) is 16.1 Å². The summed E-state index contributed by atoms with van der Waals surface area (Å²) in [4.78, 5) is 16.6. The Morgan fingerprint density at radius 2 is 1.61 bits per heavy atom. The van der Waals surface area contributed by atoms with Gasteiger partial charge in [-0.25, -0.2) is 9.79 Å². The van der Waals surface area contributed by atoms with Gasteiger partial charge in [-0.1, -0.05) is 72.8 Å². The van der Waals surface area contributed by atoms with E-state index in [2.05, 4.69) is 29.3 Å². The van der Waals surface area contributed by atoms with Crippen LogP contribution in [-0.4, -0.2) is 11.9 Å². The van der Waals surface area contributed by atoms with Crippen LogP contribution >= 0.6 is 0 Å². The molecule has 0 N–H and O–H groups in total. The first-order valence-corrected chi connectivity index (χ1v) is 10.0. The second kappa shape index (κ2) is 8.28. The lowest BCUT2D eigenvalue weighted by Crippen LogP contribution is -2.04. The quantitative estimate of drug-likeness (QED) is 0.313. The minimum atomic E-state index is -0.457. The van der Waals surface area contributed by atoms with Crippen molar-refractivity contribution in [2.45, 2.75) is 6.61 Å². The van der Waals surface area contributed by atoms with Crippen molar-refractivity contribution < 1.29 is 14.3 Å². The molecule has 1 heterocycles. The Balaban J connectivity index is 1.36. The molecule has 0 aromatic heterocycles. The summed E-state index contributed by atoms with van der Waals surface area (Å²) in [6.07, 6.45) is 1.71. The lowest BCUT2D eigenvalue weighted by atomic mass is 10.1. The minimum absolute atomic E-state index is 0.269. The van der Waals surface area contributed by atoms with Gasteiger partial charge in [-0.3, -0.25) is 0 Å². The van der Waals surface area contributed by atoms with Gasteiger partial charge in [0.15, 0.2) is 5.70 Å². The van der Waals surface area contributed by atoms with Gasteiger partial charge in [0, 0.05) is 5.56 Å². The fourth-order valence-corrected chi connectivity index (χ4v) is 3.54. The van der Waals surface area contributed by atoms with Crippen LogP contribution in [0.4, 0.5) is 0 Å². The lowest BCUT2D eigenvalue weighted by Gasteiger charge is -2.09. The van der Waals surface area contributed by atoms with Gasteiger partial charge >= 0.3 is 5.97 Å². The predicted molar refractivity (Wildman–Crippen MR) is 122 cm³/mol. The molecule has 4 aromatic carbocycles. The largest absolute Gasteiger partial charge is 0.489 e. The van der Waals surface area contributed by atoms with Crippen molar-refractivity contribution >= 4 is 28.7 Å². The molecule has 0 saturated carbocycles. The SMILES string of the molecule is O=C1OC(c2ccccc2)=N/C1=C/c1cccc(OCc2cccc3ccccc23)c1. The Bertz CT molecular complexity index is 1320. The fourth-order valence-electron chi connectivity index (χ4n) is 3.54. The zero-order chi connectivity index (χ0) is 21.0. The van der Waals surface area contributed by atoms with E-state index in [-0.39, 0.29) is 5.70 Å². The van der Waals surface area contributed by atoms with Gasteiger partial charge in [0.1, 0.15) is 12.4 Å². The van der Waals surface area contributed by atoms with Gasteiger partial charge in [0.2, 0.25) is 5.90 Å². The molecule has 0 saturated heterocycles. The van der Waals surface area contributed by atoms with Crippen LogP contribution in [0, 0.1) is 0 Å². The average Bonchev–Trinajstić information content (AvgIpc) is 3.18. The number of carbonyl (C=O) groups excluding carboxylic acids is 1. The average molecular weight is 405 g/mol. The summed E-state index contributed by atoms with van der Waals surface area (Å²) >= 11 is 0. The maximum absolute atomic E-state index is 12.2. The summed E-state index contributed by atoms with van der Waals surface area (Å²) in [5.41, 5.74) is 2.98. The summed E-state index contributed by atoms with van der Waals surface area (Å²) < 4.78 is 11.4.